The van der Waals surface area contributed by atoms with Crippen molar-refractivity contribution in [1.82, 2.24) is 4.98 Å². The summed E-state index contributed by atoms with van der Waals surface area (Å²) < 4.78 is 5.54. The smallest absolute Gasteiger partial charge is 0.242 e. The van der Waals surface area contributed by atoms with Crippen LogP contribution in [-0.4, -0.2) is 16.7 Å². The number of ether oxygens (including phenoxy) is 1. The molecule has 0 aliphatic carbocycles. The molecule has 4 heteroatoms. The van der Waals surface area contributed by atoms with Gasteiger partial charge in [-0.3, -0.25) is 0 Å². The first-order valence-electron chi connectivity index (χ1n) is 5.38. The highest BCUT2D eigenvalue weighted by molar-refractivity contribution is 5.48. The van der Waals surface area contributed by atoms with Gasteiger partial charge in [-0.25, -0.2) is 4.98 Å². The topological polar surface area (TPSA) is 68.4 Å². The van der Waals surface area contributed by atoms with E-state index in [0.717, 1.165) is 5.56 Å². The number of aromatic nitrogens is 1. The maximum absolute atomic E-state index is 8.80. The Morgan fingerprint density at radius 2 is 1.94 bits per heavy atom. The third-order valence-electron chi connectivity index (χ3n) is 2.34. The van der Waals surface area contributed by atoms with E-state index in [0.29, 0.717) is 23.7 Å². The number of hydrogen-bond acceptors (Lipinski definition) is 4. The molecular weight excluding hydrogens is 216 g/mol. The fraction of sp³-hybridized carbons (Fsp3) is 0.154. The van der Waals surface area contributed by atoms with E-state index in [1.165, 1.54) is 0 Å². The monoisotopic (exact) mass is 230 g/mol. The van der Waals surface area contributed by atoms with Gasteiger partial charge in [0.25, 0.3) is 0 Å². The molecular formula is C13H14N2O2. The predicted molar refractivity (Wildman–Crippen MR) is 66.0 cm³/mol. The molecule has 0 unspecified atom stereocenters. The van der Waals surface area contributed by atoms with Gasteiger partial charge in [-0.05, 0) is 36.2 Å². The molecule has 0 saturated heterocycles. The minimum absolute atomic E-state index is 0.146. The molecule has 1 heterocycles. The van der Waals surface area contributed by atoms with E-state index in [1.807, 2.05) is 24.3 Å². The number of aliphatic hydroxyl groups is 1. The Bertz CT molecular complexity index is 483. The fourth-order valence-corrected chi connectivity index (χ4v) is 1.45. The molecule has 88 valence electrons. The van der Waals surface area contributed by atoms with Gasteiger partial charge in [0.2, 0.25) is 5.88 Å². The number of nitrogen functional groups attached to an aromatic ring is 1. The summed E-state index contributed by atoms with van der Waals surface area (Å²) in [6.07, 6.45) is 2.28. The number of pyridine rings is 1. The maximum Gasteiger partial charge on any atom is 0.242 e. The van der Waals surface area contributed by atoms with E-state index < -0.39 is 0 Å². The first kappa shape index (κ1) is 11.4. The van der Waals surface area contributed by atoms with Gasteiger partial charge in [0.05, 0.1) is 5.69 Å². The van der Waals surface area contributed by atoms with E-state index >= 15 is 0 Å². The summed E-state index contributed by atoms with van der Waals surface area (Å²) in [5.41, 5.74) is 7.30. The second-order valence-corrected chi connectivity index (χ2v) is 3.62. The highest BCUT2D eigenvalue weighted by Gasteiger charge is 2.02. The van der Waals surface area contributed by atoms with E-state index in [1.54, 1.807) is 18.3 Å². The van der Waals surface area contributed by atoms with Crippen molar-refractivity contribution >= 4 is 5.69 Å². The molecule has 0 bridgehead atoms. The lowest BCUT2D eigenvalue weighted by Crippen LogP contribution is -1.95. The van der Waals surface area contributed by atoms with Crippen molar-refractivity contribution in [3.63, 3.8) is 0 Å². The van der Waals surface area contributed by atoms with Gasteiger partial charge in [0.1, 0.15) is 5.75 Å². The van der Waals surface area contributed by atoms with Gasteiger partial charge in [0, 0.05) is 12.8 Å². The van der Waals surface area contributed by atoms with Crippen LogP contribution in [0, 0.1) is 0 Å². The number of nitrogens with two attached hydrogens (primary N) is 1. The highest BCUT2D eigenvalue weighted by atomic mass is 16.5. The van der Waals surface area contributed by atoms with Crippen LogP contribution in [0.2, 0.25) is 0 Å². The molecule has 4 nitrogen and oxygen atoms in total. The van der Waals surface area contributed by atoms with Crippen molar-refractivity contribution in [2.75, 3.05) is 12.3 Å². The number of aliphatic hydroxyl groups excluding tert-OH is 1. The Kier molecular flexibility index (Phi) is 3.57. The standard InChI is InChI=1S/C13H14N2O2/c14-12-2-1-8-15-13(12)17-11-5-3-10(4-6-11)7-9-16/h1-6,8,16H,7,9,14H2. The maximum atomic E-state index is 8.80. The summed E-state index contributed by atoms with van der Waals surface area (Å²) in [6, 6.07) is 11.0. The minimum Gasteiger partial charge on any atom is -0.437 e. The van der Waals surface area contributed by atoms with Gasteiger partial charge >= 0.3 is 0 Å². The molecule has 0 spiro atoms. The second kappa shape index (κ2) is 5.32. The summed E-state index contributed by atoms with van der Waals surface area (Å²) in [5.74, 6) is 1.08. The summed E-state index contributed by atoms with van der Waals surface area (Å²) in [5, 5.41) is 8.80. The lowest BCUT2D eigenvalue weighted by molar-refractivity contribution is 0.299. The molecule has 17 heavy (non-hydrogen) atoms. The number of rotatable bonds is 4. The van der Waals surface area contributed by atoms with E-state index in [2.05, 4.69) is 4.98 Å². The van der Waals surface area contributed by atoms with E-state index in [4.69, 9.17) is 15.6 Å². The largest absolute Gasteiger partial charge is 0.437 e. The Hall–Kier alpha value is -2.07. The zero-order valence-electron chi connectivity index (χ0n) is 9.34. The van der Waals surface area contributed by atoms with Gasteiger partial charge < -0.3 is 15.6 Å². The zero-order chi connectivity index (χ0) is 12.1. The van der Waals surface area contributed by atoms with Crippen LogP contribution in [0.15, 0.2) is 42.6 Å². The van der Waals surface area contributed by atoms with Crippen molar-refractivity contribution < 1.29 is 9.84 Å². The quantitative estimate of drug-likeness (QED) is 0.842. The lowest BCUT2D eigenvalue weighted by Gasteiger charge is -2.07. The molecule has 0 amide bonds. The molecule has 0 atom stereocenters. The van der Waals surface area contributed by atoms with Crippen molar-refractivity contribution in [1.29, 1.82) is 0 Å². The Morgan fingerprint density at radius 3 is 2.59 bits per heavy atom. The molecule has 0 aliphatic heterocycles. The van der Waals surface area contributed by atoms with Crippen LogP contribution in [-0.2, 0) is 6.42 Å². The number of nitrogens with zero attached hydrogens (tertiary/aromatic N) is 1. The summed E-state index contributed by atoms with van der Waals surface area (Å²) >= 11 is 0. The Labute approximate surface area is 99.7 Å². The van der Waals surface area contributed by atoms with Crippen LogP contribution in [0.4, 0.5) is 5.69 Å². The summed E-state index contributed by atoms with van der Waals surface area (Å²) in [6.45, 7) is 0.146. The average Bonchev–Trinajstić information content (AvgIpc) is 2.35. The molecule has 2 rings (SSSR count). The van der Waals surface area contributed by atoms with Gasteiger partial charge in [-0.1, -0.05) is 12.1 Å². The normalized spacial score (nSPS) is 10.2. The van der Waals surface area contributed by atoms with Gasteiger partial charge in [-0.15, -0.1) is 0 Å². The predicted octanol–water partition coefficient (Wildman–Crippen LogP) is 1.99. The van der Waals surface area contributed by atoms with Crippen molar-refractivity contribution in [3.8, 4) is 11.6 Å². The molecule has 0 aliphatic rings. The number of benzene rings is 1. The average molecular weight is 230 g/mol. The molecule has 2 aromatic rings. The van der Waals surface area contributed by atoms with E-state index in [-0.39, 0.29) is 6.61 Å². The van der Waals surface area contributed by atoms with Crippen molar-refractivity contribution in [3.05, 3.63) is 48.2 Å². The van der Waals surface area contributed by atoms with Crippen LogP contribution in [0.1, 0.15) is 5.56 Å². The molecule has 0 radical (unpaired) electrons. The zero-order valence-corrected chi connectivity index (χ0v) is 9.34. The first-order chi connectivity index (χ1) is 8.29. The molecule has 0 fully saturated rings. The molecule has 0 saturated carbocycles. The van der Waals surface area contributed by atoms with E-state index in [9.17, 15) is 0 Å². The van der Waals surface area contributed by atoms with Crippen LogP contribution in [0.25, 0.3) is 0 Å². The van der Waals surface area contributed by atoms with Crippen LogP contribution in [0.5, 0.6) is 11.6 Å². The van der Waals surface area contributed by atoms with Crippen molar-refractivity contribution in [2.45, 2.75) is 6.42 Å². The molecule has 3 N–H and O–H groups in total. The van der Waals surface area contributed by atoms with Gasteiger partial charge in [-0.2, -0.15) is 0 Å². The van der Waals surface area contributed by atoms with Crippen LogP contribution >= 0.6 is 0 Å². The number of anilines is 1. The lowest BCUT2D eigenvalue weighted by atomic mass is 10.1. The fourth-order valence-electron chi connectivity index (χ4n) is 1.45. The molecule has 1 aromatic heterocycles. The second-order valence-electron chi connectivity index (χ2n) is 3.62. The van der Waals surface area contributed by atoms with Crippen molar-refractivity contribution in [2.24, 2.45) is 0 Å². The third-order valence-corrected chi connectivity index (χ3v) is 2.34. The Balaban J connectivity index is 2.11. The van der Waals surface area contributed by atoms with Crippen LogP contribution < -0.4 is 10.5 Å². The summed E-state index contributed by atoms with van der Waals surface area (Å²) in [4.78, 5) is 4.05. The Morgan fingerprint density at radius 1 is 1.18 bits per heavy atom. The summed E-state index contributed by atoms with van der Waals surface area (Å²) in [7, 11) is 0. The van der Waals surface area contributed by atoms with Gasteiger partial charge in [0.15, 0.2) is 0 Å². The third kappa shape index (κ3) is 2.95. The minimum atomic E-state index is 0.146. The highest BCUT2D eigenvalue weighted by Crippen LogP contribution is 2.24. The molecule has 1 aromatic carbocycles. The SMILES string of the molecule is Nc1cccnc1Oc1ccc(CCO)cc1. The first-order valence-corrected chi connectivity index (χ1v) is 5.38. The van der Waals surface area contributed by atoms with Crippen LogP contribution in [0.3, 0.4) is 0 Å². The number of hydrogen-bond donors (Lipinski definition) is 2.